The predicted octanol–water partition coefficient (Wildman–Crippen LogP) is 8.83. The summed E-state index contributed by atoms with van der Waals surface area (Å²) in [6, 6.07) is 0. The van der Waals surface area contributed by atoms with Gasteiger partial charge in [0.15, 0.2) is 0 Å². The maximum absolute atomic E-state index is 3.32. The topological polar surface area (TPSA) is 0 Å². The van der Waals surface area contributed by atoms with Crippen molar-refractivity contribution in [2.45, 2.75) is 142 Å². The van der Waals surface area contributed by atoms with E-state index in [-0.39, 0.29) is 0 Å². The van der Waals surface area contributed by atoms with Gasteiger partial charge in [0.05, 0.1) is 0 Å². The zero-order valence-electron chi connectivity index (χ0n) is 17.1. The molecule has 24 heavy (non-hydrogen) atoms. The average Bonchev–Trinajstić information content (AvgIpc) is 2.60. The second kappa shape index (κ2) is 22.6. The van der Waals surface area contributed by atoms with Gasteiger partial charge < -0.3 is 0 Å². The van der Waals surface area contributed by atoms with E-state index in [1.807, 2.05) is 0 Å². The van der Waals surface area contributed by atoms with Crippen LogP contribution < -0.4 is 0 Å². The highest BCUT2D eigenvalue weighted by Gasteiger charge is 1.94. The molecular weight excluding hydrogens is 288 g/mol. The van der Waals surface area contributed by atoms with Gasteiger partial charge in [0.1, 0.15) is 0 Å². The van der Waals surface area contributed by atoms with Crippen molar-refractivity contribution in [1.82, 2.24) is 0 Å². The van der Waals surface area contributed by atoms with Gasteiger partial charge in [-0.3, -0.25) is 0 Å². The Kier molecular flexibility index (Phi) is 22.1. The molecule has 0 nitrogen and oxygen atoms in total. The number of hydrogen-bond acceptors (Lipinski definition) is 0. The van der Waals surface area contributed by atoms with E-state index in [4.69, 9.17) is 0 Å². The van der Waals surface area contributed by atoms with Crippen LogP contribution in [0.3, 0.4) is 0 Å². The van der Waals surface area contributed by atoms with Crippen molar-refractivity contribution in [3.8, 4) is 11.8 Å². The largest absolute Gasteiger partial charge is 0.103 e. The van der Waals surface area contributed by atoms with Crippen molar-refractivity contribution in [1.29, 1.82) is 0 Å². The van der Waals surface area contributed by atoms with Crippen molar-refractivity contribution in [2.75, 3.05) is 0 Å². The summed E-state index contributed by atoms with van der Waals surface area (Å²) in [7, 11) is 0. The number of hydrogen-bond donors (Lipinski definition) is 0. The normalized spacial score (nSPS) is 10.6. The molecule has 0 radical (unpaired) electrons. The first-order valence-corrected chi connectivity index (χ1v) is 11.4. The molecule has 0 rings (SSSR count). The highest BCUT2D eigenvalue weighted by atomic mass is 14.0. The zero-order valence-corrected chi connectivity index (χ0v) is 17.1. The number of unbranched alkanes of at least 4 members (excludes halogenated alkanes) is 18. The molecule has 142 valence electrons. The molecule has 0 saturated heterocycles. The van der Waals surface area contributed by atoms with Crippen molar-refractivity contribution in [3.63, 3.8) is 0 Å². The van der Waals surface area contributed by atoms with Crippen LogP contribution in [0.4, 0.5) is 0 Å². The molecule has 0 saturated carbocycles. The van der Waals surface area contributed by atoms with Crippen LogP contribution >= 0.6 is 0 Å². The van der Waals surface area contributed by atoms with Crippen LogP contribution in [-0.2, 0) is 0 Å². The minimum Gasteiger partial charge on any atom is -0.103 e. The summed E-state index contributed by atoms with van der Waals surface area (Å²) in [4.78, 5) is 0. The Morgan fingerprint density at radius 1 is 0.333 bits per heavy atom. The zero-order chi connectivity index (χ0) is 17.6. The lowest BCUT2D eigenvalue weighted by atomic mass is 10.0. The second-order valence-electron chi connectivity index (χ2n) is 7.51. The summed E-state index contributed by atoms with van der Waals surface area (Å²) in [5.74, 6) is 6.61. The van der Waals surface area contributed by atoms with Gasteiger partial charge in [-0.1, -0.05) is 117 Å². The highest BCUT2D eigenvalue weighted by Crippen LogP contribution is 2.13. The maximum atomic E-state index is 3.32. The third-order valence-electron chi connectivity index (χ3n) is 4.94. The Morgan fingerprint density at radius 2 is 0.625 bits per heavy atom. The number of rotatable bonds is 18. The SMILES string of the molecule is CCCCC#CCCCCCCCCCCCCCCCCCC. The molecule has 0 aromatic carbocycles. The second-order valence-corrected chi connectivity index (χ2v) is 7.51. The first-order chi connectivity index (χ1) is 11.9. The van der Waals surface area contributed by atoms with E-state index in [2.05, 4.69) is 25.7 Å². The average molecular weight is 335 g/mol. The molecule has 0 N–H and O–H groups in total. The van der Waals surface area contributed by atoms with E-state index in [1.165, 1.54) is 116 Å². The summed E-state index contributed by atoms with van der Waals surface area (Å²) in [6.07, 6.45) is 27.9. The van der Waals surface area contributed by atoms with Crippen LogP contribution in [0, 0.1) is 11.8 Å². The van der Waals surface area contributed by atoms with E-state index in [1.54, 1.807) is 0 Å². The standard InChI is InChI=1S/C24H46/c1-3-5-7-9-11-13-15-17-19-21-23-24-22-20-18-16-14-12-10-8-6-4-2/h3-9,11,13-24H2,1-2H3. The van der Waals surface area contributed by atoms with Crippen LogP contribution in [0.2, 0.25) is 0 Å². The van der Waals surface area contributed by atoms with Gasteiger partial charge >= 0.3 is 0 Å². The van der Waals surface area contributed by atoms with Gasteiger partial charge in [-0.05, 0) is 12.8 Å². The first kappa shape index (κ1) is 23.6. The Labute approximate surface area is 154 Å². The summed E-state index contributed by atoms with van der Waals surface area (Å²) >= 11 is 0. The third kappa shape index (κ3) is 21.6. The molecule has 0 aliphatic rings. The molecule has 0 heteroatoms. The Morgan fingerprint density at radius 3 is 1.00 bits per heavy atom. The van der Waals surface area contributed by atoms with Gasteiger partial charge in [-0.25, -0.2) is 0 Å². The summed E-state index contributed by atoms with van der Waals surface area (Å²) in [5, 5.41) is 0. The van der Waals surface area contributed by atoms with Gasteiger partial charge in [0, 0.05) is 12.8 Å². The molecule has 0 atom stereocenters. The summed E-state index contributed by atoms with van der Waals surface area (Å²) in [6.45, 7) is 4.53. The van der Waals surface area contributed by atoms with E-state index < -0.39 is 0 Å². The summed E-state index contributed by atoms with van der Waals surface area (Å²) in [5.41, 5.74) is 0. The first-order valence-electron chi connectivity index (χ1n) is 11.4. The molecular formula is C24H46. The fourth-order valence-electron chi connectivity index (χ4n) is 3.20. The lowest BCUT2D eigenvalue weighted by Crippen LogP contribution is -1.83. The van der Waals surface area contributed by atoms with Crippen molar-refractivity contribution >= 4 is 0 Å². The minimum atomic E-state index is 1.11. The lowest BCUT2D eigenvalue weighted by Gasteiger charge is -2.03. The molecule has 0 bridgehead atoms. The van der Waals surface area contributed by atoms with Crippen LogP contribution in [0.5, 0.6) is 0 Å². The van der Waals surface area contributed by atoms with Crippen LogP contribution in [0.15, 0.2) is 0 Å². The Hall–Kier alpha value is -0.440. The fourth-order valence-corrected chi connectivity index (χ4v) is 3.20. The molecule has 0 amide bonds. The van der Waals surface area contributed by atoms with Gasteiger partial charge in [0.2, 0.25) is 0 Å². The molecule has 0 heterocycles. The highest BCUT2D eigenvalue weighted by molar-refractivity contribution is 4.98. The Balaban J connectivity index is 3.01. The quantitative estimate of drug-likeness (QED) is 0.173. The van der Waals surface area contributed by atoms with E-state index in [0.29, 0.717) is 0 Å². The molecule has 0 aromatic heterocycles. The van der Waals surface area contributed by atoms with E-state index >= 15 is 0 Å². The van der Waals surface area contributed by atoms with Crippen LogP contribution in [0.1, 0.15) is 142 Å². The maximum Gasteiger partial charge on any atom is 0.00886 e. The fraction of sp³-hybridized carbons (Fsp3) is 0.917. The van der Waals surface area contributed by atoms with Crippen LogP contribution in [-0.4, -0.2) is 0 Å². The van der Waals surface area contributed by atoms with Gasteiger partial charge in [-0.15, -0.1) is 11.8 Å². The van der Waals surface area contributed by atoms with Gasteiger partial charge in [0.25, 0.3) is 0 Å². The summed E-state index contributed by atoms with van der Waals surface area (Å²) < 4.78 is 0. The van der Waals surface area contributed by atoms with Crippen LogP contribution in [0.25, 0.3) is 0 Å². The van der Waals surface area contributed by atoms with Gasteiger partial charge in [-0.2, -0.15) is 0 Å². The molecule has 0 aromatic rings. The monoisotopic (exact) mass is 334 g/mol. The van der Waals surface area contributed by atoms with E-state index in [0.717, 1.165) is 12.8 Å². The predicted molar refractivity (Wildman–Crippen MR) is 111 cm³/mol. The molecule has 0 aliphatic heterocycles. The molecule has 0 fully saturated rings. The van der Waals surface area contributed by atoms with Crippen molar-refractivity contribution < 1.29 is 0 Å². The molecule has 0 spiro atoms. The smallest absolute Gasteiger partial charge is 0.00886 e. The lowest BCUT2D eigenvalue weighted by molar-refractivity contribution is 0.530. The third-order valence-corrected chi connectivity index (χ3v) is 4.94. The van der Waals surface area contributed by atoms with Crippen molar-refractivity contribution in [3.05, 3.63) is 0 Å². The van der Waals surface area contributed by atoms with Crippen molar-refractivity contribution in [2.24, 2.45) is 0 Å². The molecule has 0 unspecified atom stereocenters. The molecule has 0 aliphatic carbocycles. The van der Waals surface area contributed by atoms with E-state index in [9.17, 15) is 0 Å². The Bertz CT molecular complexity index is 267. The minimum absolute atomic E-state index is 1.11.